The molecule has 0 N–H and O–H groups in total. The van der Waals surface area contributed by atoms with Crippen LogP contribution in [0.4, 0.5) is 0 Å². The summed E-state index contributed by atoms with van der Waals surface area (Å²) >= 11 is 8.52. The highest BCUT2D eigenvalue weighted by atomic mass is 32.2. The zero-order valence-corrected chi connectivity index (χ0v) is 7.33. The first-order chi connectivity index (χ1) is 4.60. The van der Waals surface area contributed by atoms with Gasteiger partial charge in [-0.25, -0.2) is 0 Å². The second-order valence-electron chi connectivity index (χ2n) is 2.45. The minimum Gasteiger partial charge on any atom is -0.466 e. The summed E-state index contributed by atoms with van der Waals surface area (Å²) in [6.45, 7) is 0.450. The van der Waals surface area contributed by atoms with Gasteiger partial charge < -0.3 is 4.74 Å². The molecule has 0 spiro atoms. The smallest absolute Gasteiger partial charge is 0.305 e. The SMILES string of the molecule is O=C1CCC(S)(S)CCO1. The van der Waals surface area contributed by atoms with Crippen LogP contribution in [0.25, 0.3) is 0 Å². The molecule has 1 rings (SSSR count). The lowest BCUT2D eigenvalue weighted by Gasteiger charge is -2.17. The minimum atomic E-state index is -0.313. The molecule has 0 radical (unpaired) electrons. The topological polar surface area (TPSA) is 26.3 Å². The first-order valence-corrected chi connectivity index (χ1v) is 4.10. The van der Waals surface area contributed by atoms with Crippen LogP contribution >= 0.6 is 25.3 Å². The number of hydrogen-bond acceptors (Lipinski definition) is 4. The monoisotopic (exact) mass is 178 g/mol. The van der Waals surface area contributed by atoms with Crippen LogP contribution in [0.1, 0.15) is 19.3 Å². The number of carbonyl (C=O) groups excluding carboxylic acids is 1. The van der Waals surface area contributed by atoms with E-state index >= 15 is 0 Å². The van der Waals surface area contributed by atoms with Gasteiger partial charge in [0.05, 0.1) is 10.7 Å². The van der Waals surface area contributed by atoms with Crippen molar-refractivity contribution in [2.24, 2.45) is 0 Å². The Morgan fingerprint density at radius 2 is 2.10 bits per heavy atom. The maximum Gasteiger partial charge on any atom is 0.305 e. The number of carbonyl (C=O) groups is 1. The number of cyclic esters (lactones) is 1. The maximum absolute atomic E-state index is 10.7. The summed E-state index contributed by atoms with van der Waals surface area (Å²) in [5.74, 6) is -0.134. The molecule has 0 aliphatic carbocycles. The maximum atomic E-state index is 10.7. The van der Waals surface area contributed by atoms with Crippen molar-refractivity contribution in [3.8, 4) is 0 Å². The highest BCUT2D eigenvalue weighted by Gasteiger charge is 2.25. The molecule has 0 aromatic heterocycles. The first-order valence-electron chi connectivity index (χ1n) is 3.20. The molecule has 4 heteroatoms. The highest BCUT2D eigenvalue weighted by Crippen LogP contribution is 2.31. The fraction of sp³-hybridized carbons (Fsp3) is 0.833. The van der Waals surface area contributed by atoms with E-state index < -0.39 is 0 Å². The molecule has 0 atom stereocenters. The molecule has 1 aliphatic heterocycles. The molecular formula is C6H10O2S2. The van der Waals surface area contributed by atoms with Crippen LogP contribution in [0.5, 0.6) is 0 Å². The zero-order chi connectivity index (χ0) is 7.61. The highest BCUT2D eigenvalue weighted by molar-refractivity contribution is 8.00. The van der Waals surface area contributed by atoms with Crippen molar-refractivity contribution in [1.29, 1.82) is 0 Å². The molecule has 0 amide bonds. The average molecular weight is 178 g/mol. The van der Waals surface area contributed by atoms with Gasteiger partial charge in [-0.2, -0.15) is 25.3 Å². The van der Waals surface area contributed by atoms with Gasteiger partial charge in [0, 0.05) is 12.8 Å². The number of esters is 1. The normalized spacial score (nSPS) is 25.2. The van der Waals surface area contributed by atoms with E-state index in [4.69, 9.17) is 4.74 Å². The van der Waals surface area contributed by atoms with E-state index in [0.717, 1.165) is 6.42 Å². The van der Waals surface area contributed by atoms with Crippen LogP contribution in [-0.4, -0.2) is 16.7 Å². The van der Waals surface area contributed by atoms with Crippen molar-refractivity contribution < 1.29 is 9.53 Å². The number of thiol groups is 2. The summed E-state index contributed by atoms with van der Waals surface area (Å²) in [5.41, 5.74) is 0. The van der Waals surface area contributed by atoms with E-state index in [1.807, 2.05) is 0 Å². The molecule has 0 aromatic rings. The molecular weight excluding hydrogens is 168 g/mol. The van der Waals surface area contributed by atoms with Crippen molar-refractivity contribution in [3.63, 3.8) is 0 Å². The molecule has 0 bridgehead atoms. The van der Waals surface area contributed by atoms with Crippen LogP contribution in [-0.2, 0) is 9.53 Å². The van der Waals surface area contributed by atoms with Gasteiger partial charge in [-0.3, -0.25) is 4.79 Å². The number of rotatable bonds is 0. The molecule has 0 unspecified atom stereocenters. The number of ether oxygens (including phenoxy) is 1. The van der Waals surface area contributed by atoms with Gasteiger partial charge in [-0.05, 0) is 6.42 Å². The third-order valence-electron chi connectivity index (χ3n) is 1.50. The summed E-state index contributed by atoms with van der Waals surface area (Å²) in [6, 6.07) is 0. The summed E-state index contributed by atoms with van der Waals surface area (Å²) in [5, 5.41) is 0. The van der Waals surface area contributed by atoms with Crippen molar-refractivity contribution in [1.82, 2.24) is 0 Å². The molecule has 10 heavy (non-hydrogen) atoms. The predicted octanol–water partition coefficient (Wildman–Crippen LogP) is 1.27. The Bertz CT molecular complexity index is 145. The second kappa shape index (κ2) is 3.05. The Kier molecular flexibility index (Phi) is 2.52. The lowest BCUT2D eigenvalue weighted by molar-refractivity contribution is -0.142. The summed E-state index contributed by atoms with van der Waals surface area (Å²) in [7, 11) is 0. The van der Waals surface area contributed by atoms with Crippen molar-refractivity contribution in [2.45, 2.75) is 23.3 Å². The molecule has 58 valence electrons. The Hall–Kier alpha value is 0.170. The van der Waals surface area contributed by atoms with Gasteiger partial charge in [0.2, 0.25) is 0 Å². The van der Waals surface area contributed by atoms with Crippen molar-refractivity contribution in [3.05, 3.63) is 0 Å². The van der Waals surface area contributed by atoms with Crippen LogP contribution in [0.15, 0.2) is 0 Å². The number of hydrogen-bond donors (Lipinski definition) is 2. The lowest BCUT2D eigenvalue weighted by Crippen LogP contribution is -2.12. The zero-order valence-electron chi connectivity index (χ0n) is 5.54. The van der Waals surface area contributed by atoms with Crippen molar-refractivity contribution >= 4 is 31.2 Å². The fourth-order valence-corrected chi connectivity index (χ4v) is 1.23. The fourth-order valence-electron chi connectivity index (χ4n) is 0.828. The third-order valence-corrected chi connectivity index (χ3v) is 2.39. The predicted molar refractivity (Wildman–Crippen MR) is 45.5 cm³/mol. The second-order valence-corrected chi connectivity index (χ2v) is 4.52. The van der Waals surface area contributed by atoms with Crippen molar-refractivity contribution in [2.75, 3.05) is 6.61 Å². The van der Waals surface area contributed by atoms with E-state index in [-0.39, 0.29) is 10.0 Å². The van der Waals surface area contributed by atoms with Gasteiger partial charge in [0.15, 0.2) is 0 Å². The van der Waals surface area contributed by atoms with Crippen LogP contribution in [0.3, 0.4) is 0 Å². The first kappa shape index (κ1) is 8.27. The summed E-state index contributed by atoms with van der Waals surface area (Å²) in [4.78, 5) is 10.7. The average Bonchev–Trinajstić information content (AvgIpc) is 1.94. The molecule has 2 nitrogen and oxygen atoms in total. The van der Waals surface area contributed by atoms with E-state index in [1.165, 1.54) is 0 Å². The third kappa shape index (κ3) is 2.42. The van der Waals surface area contributed by atoms with Crippen LogP contribution < -0.4 is 0 Å². The van der Waals surface area contributed by atoms with E-state index in [0.29, 0.717) is 19.4 Å². The Morgan fingerprint density at radius 1 is 1.40 bits per heavy atom. The lowest BCUT2D eigenvalue weighted by atomic mass is 10.2. The van der Waals surface area contributed by atoms with Gasteiger partial charge >= 0.3 is 5.97 Å². The molecule has 1 heterocycles. The minimum absolute atomic E-state index is 0.134. The molecule has 1 saturated heterocycles. The Morgan fingerprint density at radius 3 is 2.80 bits per heavy atom. The largest absolute Gasteiger partial charge is 0.466 e. The Labute approximate surface area is 71.1 Å². The Balaban J connectivity index is 2.48. The summed E-state index contributed by atoms with van der Waals surface area (Å²) in [6.07, 6.45) is 1.86. The van der Waals surface area contributed by atoms with Gasteiger partial charge in [-0.15, -0.1) is 0 Å². The molecule has 1 fully saturated rings. The van der Waals surface area contributed by atoms with E-state index in [2.05, 4.69) is 25.3 Å². The molecule has 0 aromatic carbocycles. The van der Waals surface area contributed by atoms with E-state index in [9.17, 15) is 4.79 Å². The van der Waals surface area contributed by atoms with E-state index in [1.54, 1.807) is 0 Å². The van der Waals surface area contributed by atoms with Gasteiger partial charge in [0.25, 0.3) is 0 Å². The standard InChI is InChI=1S/C6H10O2S2/c7-5-1-2-6(9,10)3-4-8-5/h9-10H,1-4H2. The van der Waals surface area contributed by atoms with Gasteiger partial charge in [0.1, 0.15) is 0 Å². The van der Waals surface area contributed by atoms with Gasteiger partial charge in [-0.1, -0.05) is 0 Å². The van der Waals surface area contributed by atoms with Crippen LogP contribution in [0.2, 0.25) is 0 Å². The summed E-state index contributed by atoms with van der Waals surface area (Å²) < 4.78 is 4.49. The molecule has 0 saturated carbocycles. The quantitative estimate of drug-likeness (QED) is 0.332. The van der Waals surface area contributed by atoms with Crippen LogP contribution in [0, 0.1) is 0 Å². The molecule has 1 aliphatic rings.